The molecule has 1 unspecified atom stereocenters. The average molecular weight is 392 g/mol. The number of nitrogens with one attached hydrogen (secondary N) is 1. The number of aliphatic hydroxyl groups is 1. The van der Waals surface area contributed by atoms with Crippen molar-refractivity contribution in [1.29, 1.82) is 0 Å². The highest BCUT2D eigenvalue weighted by Gasteiger charge is 2.33. The molecule has 0 saturated heterocycles. The SMILES string of the molecule is C[C@H]1C[C@@H](NC(O)c2cc(Cc3ccccc3)on2)C(=O)N(C)c2ncccc21. The van der Waals surface area contributed by atoms with Crippen LogP contribution in [0.25, 0.3) is 0 Å². The summed E-state index contributed by atoms with van der Waals surface area (Å²) in [6, 6.07) is 14.9. The normalized spacial score (nSPS) is 20.2. The summed E-state index contributed by atoms with van der Waals surface area (Å²) < 4.78 is 5.37. The van der Waals surface area contributed by atoms with Crippen molar-refractivity contribution in [2.75, 3.05) is 11.9 Å². The number of pyridine rings is 1. The predicted octanol–water partition coefficient (Wildman–Crippen LogP) is 2.78. The lowest BCUT2D eigenvalue weighted by Gasteiger charge is -2.23. The van der Waals surface area contributed by atoms with Gasteiger partial charge in [-0.05, 0) is 29.5 Å². The van der Waals surface area contributed by atoms with Crippen molar-refractivity contribution >= 4 is 11.7 Å². The third-order valence-electron chi connectivity index (χ3n) is 5.32. The number of aliphatic hydroxyl groups excluding tert-OH is 1. The van der Waals surface area contributed by atoms with E-state index in [1.54, 1.807) is 24.2 Å². The molecule has 1 aliphatic heterocycles. The lowest BCUT2D eigenvalue weighted by molar-refractivity contribution is -0.121. The summed E-state index contributed by atoms with van der Waals surface area (Å²) >= 11 is 0. The molecule has 3 heterocycles. The average Bonchev–Trinajstić information content (AvgIpc) is 3.18. The molecule has 7 nitrogen and oxygen atoms in total. The monoisotopic (exact) mass is 392 g/mol. The Morgan fingerprint density at radius 2 is 2.07 bits per heavy atom. The number of fused-ring (bicyclic) bond motifs is 1. The number of carbonyl (C=O) groups excluding carboxylic acids is 1. The highest BCUT2D eigenvalue weighted by Crippen LogP contribution is 2.32. The van der Waals surface area contributed by atoms with Crippen LogP contribution in [0.2, 0.25) is 0 Å². The van der Waals surface area contributed by atoms with E-state index in [0.717, 1.165) is 11.1 Å². The van der Waals surface area contributed by atoms with Crippen LogP contribution >= 0.6 is 0 Å². The zero-order chi connectivity index (χ0) is 20.4. The molecule has 4 rings (SSSR count). The summed E-state index contributed by atoms with van der Waals surface area (Å²) in [5.74, 6) is 1.29. The van der Waals surface area contributed by atoms with Crippen LogP contribution in [0.15, 0.2) is 59.3 Å². The first kappa shape index (κ1) is 19.3. The van der Waals surface area contributed by atoms with Gasteiger partial charge in [0.2, 0.25) is 5.91 Å². The van der Waals surface area contributed by atoms with Gasteiger partial charge in [-0.2, -0.15) is 0 Å². The number of amides is 1. The minimum Gasteiger partial charge on any atom is -0.372 e. The molecular formula is C22H24N4O3. The topological polar surface area (TPSA) is 91.5 Å². The fourth-order valence-electron chi connectivity index (χ4n) is 3.75. The maximum Gasteiger partial charge on any atom is 0.245 e. The van der Waals surface area contributed by atoms with Gasteiger partial charge in [0.15, 0.2) is 6.23 Å². The number of aromatic nitrogens is 2. The van der Waals surface area contributed by atoms with Crippen molar-refractivity contribution in [1.82, 2.24) is 15.5 Å². The van der Waals surface area contributed by atoms with Crippen LogP contribution in [0, 0.1) is 0 Å². The Morgan fingerprint density at radius 3 is 2.86 bits per heavy atom. The molecule has 0 radical (unpaired) electrons. The third-order valence-corrected chi connectivity index (χ3v) is 5.32. The summed E-state index contributed by atoms with van der Waals surface area (Å²) in [6.45, 7) is 2.06. The number of hydrogen-bond donors (Lipinski definition) is 2. The van der Waals surface area contributed by atoms with E-state index in [0.29, 0.717) is 30.1 Å². The molecule has 0 fully saturated rings. The molecule has 0 saturated carbocycles. The Labute approximate surface area is 169 Å². The molecule has 0 spiro atoms. The van der Waals surface area contributed by atoms with E-state index in [1.807, 2.05) is 42.5 Å². The van der Waals surface area contributed by atoms with E-state index in [2.05, 4.69) is 22.4 Å². The van der Waals surface area contributed by atoms with E-state index in [4.69, 9.17) is 4.52 Å². The van der Waals surface area contributed by atoms with E-state index in [1.165, 1.54) is 0 Å². The van der Waals surface area contributed by atoms with Crippen molar-refractivity contribution in [3.05, 3.63) is 77.3 Å². The van der Waals surface area contributed by atoms with Gasteiger partial charge in [0.1, 0.15) is 17.3 Å². The van der Waals surface area contributed by atoms with Crippen LogP contribution < -0.4 is 10.2 Å². The second-order valence-electron chi connectivity index (χ2n) is 7.45. The molecule has 2 aromatic heterocycles. The summed E-state index contributed by atoms with van der Waals surface area (Å²) in [5.41, 5.74) is 2.48. The number of nitrogens with zero attached hydrogens (tertiary/aromatic N) is 3. The molecule has 0 bridgehead atoms. The van der Waals surface area contributed by atoms with Gasteiger partial charge in [0.25, 0.3) is 0 Å². The number of rotatable bonds is 5. The zero-order valence-electron chi connectivity index (χ0n) is 16.4. The molecular weight excluding hydrogens is 368 g/mol. The van der Waals surface area contributed by atoms with Crippen molar-refractivity contribution in [3.63, 3.8) is 0 Å². The van der Waals surface area contributed by atoms with Crippen LogP contribution in [0.1, 0.15) is 48.1 Å². The first-order valence-electron chi connectivity index (χ1n) is 9.69. The largest absolute Gasteiger partial charge is 0.372 e. The highest BCUT2D eigenvalue weighted by atomic mass is 16.5. The smallest absolute Gasteiger partial charge is 0.245 e. The fraction of sp³-hybridized carbons (Fsp3) is 0.318. The van der Waals surface area contributed by atoms with Crippen molar-refractivity contribution in [2.24, 2.45) is 0 Å². The lowest BCUT2D eigenvalue weighted by Crippen LogP contribution is -2.46. The van der Waals surface area contributed by atoms with Gasteiger partial charge in [-0.3, -0.25) is 15.0 Å². The number of hydrogen-bond acceptors (Lipinski definition) is 6. The Hall–Kier alpha value is -3.03. The Kier molecular flexibility index (Phi) is 5.42. The first-order valence-corrected chi connectivity index (χ1v) is 9.69. The first-order chi connectivity index (χ1) is 14.0. The Bertz CT molecular complexity index is 988. The summed E-state index contributed by atoms with van der Waals surface area (Å²) in [6.07, 6.45) is 1.71. The maximum atomic E-state index is 12.9. The van der Waals surface area contributed by atoms with Crippen LogP contribution in [0.5, 0.6) is 0 Å². The number of likely N-dealkylation sites (N-methyl/N-ethyl adjacent to an activating group) is 1. The molecule has 3 atom stereocenters. The van der Waals surface area contributed by atoms with Crippen molar-refractivity contribution in [3.8, 4) is 0 Å². The molecule has 1 aliphatic rings. The molecule has 1 amide bonds. The molecule has 3 aromatic rings. The second kappa shape index (κ2) is 8.14. The van der Waals surface area contributed by atoms with Gasteiger partial charge in [0.05, 0.1) is 6.04 Å². The molecule has 29 heavy (non-hydrogen) atoms. The van der Waals surface area contributed by atoms with Gasteiger partial charge < -0.3 is 9.63 Å². The zero-order valence-corrected chi connectivity index (χ0v) is 16.4. The van der Waals surface area contributed by atoms with E-state index in [9.17, 15) is 9.90 Å². The van der Waals surface area contributed by atoms with E-state index in [-0.39, 0.29) is 11.8 Å². The van der Waals surface area contributed by atoms with E-state index >= 15 is 0 Å². The van der Waals surface area contributed by atoms with Crippen molar-refractivity contribution < 1.29 is 14.4 Å². The molecule has 2 N–H and O–H groups in total. The Morgan fingerprint density at radius 1 is 1.28 bits per heavy atom. The quantitative estimate of drug-likeness (QED) is 0.649. The van der Waals surface area contributed by atoms with Crippen LogP contribution in [0.4, 0.5) is 5.82 Å². The molecule has 7 heteroatoms. The fourth-order valence-corrected chi connectivity index (χ4v) is 3.75. The standard InChI is InChI=1S/C22H24N4O3/c1-14-11-19(22(28)26(2)20-17(14)9-6-10-23-20)24-21(27)18-13-16(29-25-18)12-15-7-4-3-5-8-15/h3-10,13-14,19,21,24,27H,11-12H2,1-2H3/t14-,19+,21?/m0/s1. The lowest BCUT2D eigenvalue weighted by atomic mass is 9.95. The van der Waals surface area contributed by atoms with Crippen LogP contribution in [-0.2, 0) is 11.2 Å². The predicted molar refractivity (Wildman–Crippen MR) is 108 cm³/mol. The molecule has 0 aliphatic carbocycles. The highest BCUT2D eigenvalue weighted by molar-refractivity contribution is 5.97. The van der Waals surface area contributed by atoms with Gasteiger partial charge in [-0.25, -0.2) is 4.98 Å². The van der Waals surface area contributed by atoms with Gasteiger partial charge in [-0.15, -0.1) is 0 Å². The summed E-state index contributed by atoms with van der Waals surface area (Å²) in [5, 5.41) is 17.6. The van der Waals surface area contributed by atoms with Crippen LogP contribution in [-0.4, -0.2) is 34.2 Å². The minimum atomic E-state index is -1.10. The number of carbonyl (C=O) groups is 1. The number of benzene rings is 1. The summed E-state index contributed by atoms with van der Waals surface area (Å²) in [7, 11) is 1.71. The van der Waals surface area contributed by atoms with Gasteiger partial charge in [-0.1, -0.05) is 48.5 Å². The summed E-state index contributed by atoms with van der Waals surface area (Å²) in [4.78, 5) is 18.8. The van der Waals surface area contributed by atoms with E-state index < -0.39 is 12.3 Å². The minimum absolute atomic E-state index is 0.114. The third kappa shape index (κ3) is 4.06. The van der Waals surface area contributed by atoms with Gasteiger partial charge >= 0.3 is 0 Å². The maximum absolute atomic E-state index is 12.9. The molecule has 150 valence electrons. The second-order valence-corrected chi connectivity index (χ2v) is 7.45. The number of anilines is 1. The van der Waals surface area contributed by atoms with Crippen molar-refractivity contribution in [2.45, 2.75) is 38.0 Å². The van der Waals surface area contributed by atoms with Gasteiger partial charge in [0, 0.05) is 25.7 Å². The molecule has 1 aromatic carbocycles. The van der Waals surface area contributed by atoms with Crippen LogP contribution in [0.3, 0.4) is 0 Å². The Balaban J connectivity index is 1.47.